The summed E-state index contributed by atoms with van der Waals surface area (Å²) in [4.78, 5) is 4.30. The summed E-state index contributed by atoms with van der Waals surface area (Å²) in [5, 5.41) is 4.10. The summed E-state index contributed by atoms with van der Waals surface area (Å²) in [6.45, 7) is 4.82. The largest absolute Gasteiger partial charge is 0.387 e. The molecule has 1 aromatic rings. The highest BCUT2D eigenvalue weighted by atomic mass is 15.3. The zero-order valence-electron chi connectivity index (χ0n) is 8.14. The second-order valence-corrected chi connectivity index (χ2v) is 3.05. The highest BCUT2D eigenvalue weighted by Gasteiger charge is 2.00. The van der Waals surface area contributed by atoms with Gasteiger partial charge in [-0.05, 0) is 13.0 Å². The van der Waals surface area contributed by atoms with E-state index in [0.29, 0.717) is 5.84 Å². The molecule has 1 unspecified atom stereocenters. The predicted molar refractivity (Wildman–Crippen MR) is 53.6 cm³/mol. The van der Waals surface area contributed by atoms with Crippen molar-refractivity contribution in [3.63, 3.8) is 0 Å². The molecule has 13 heavy (non-hydrogen) atoms. The highest BCUT2D eigenvalue weighted by molar-refractivity contribution is 5.80. The zero-order valence-corrected chi connectivity index (χ0v) is 8.14. The fourth-order valence-corrected chi connectivity index (χ4v) is 1.09. The molecule has 0 aliphatic carbocycles. The van der Waals surface area contributed by atoms with E-state index in [0.717, 1.165) is 13.0 Å². The average Bonchev–Trinajstić information content (AvgIpc) is 2.56. The predicted octanol–water partition coefficient (Wildman–Crippen LogP) is 1.04. The molecule has 0 fully saturated rings. The van der Waals surface area contributed by atoms with Crippen molar-refractivity contribution in [1.82, 2.24) is 9.78 Å². The lowest BCUT2D eigenvalue weighted by atomic mass is 10.3. The monoisotopic (exact) mass is 180 g/mol. The molecule has 1 heterocycles. The van der Waals surface area contributed by atoms with Crippen LogP contribution in [0.3, 0.4) is 0 Å². The number of aliphatic imine (C=N–C) groups is 1. The number of hydrogen-bond acceptors (Lipinski definition) is 2. The van der Waals surface area contributed by atoms with Gasteiger partial charge < -0.3 is 5.73 Å². The molecule has 0 spiro atoms. The maximum Gasteiger partial charge on any atom is 0.0938 e. The first-order valence-corrected chi connectivity index (χ1v) is 4.52. The Bertz CT molecular complexity index is 263. The average molecular weight is 180 g/mol. The summed E-state index contributed by atoms with van der Waals surface area (Å²) in [5.74, 6) is 0.708. The van der Waals surface area contributed by atoms with Crippen LogP contribution in [-0.4, -0.2) is 21.7 Å². The Hall–Kier alpha value is -1.32. The van der Waals surface area contributed by atoms with E-state index in [2.05, 4.69) is 10.1 Å². The van der Waals surface area contributed by atoms with Crippen molar-refractivity contribution in [2.75, 3.05) is 0 Å². The third kappa shape index (κ3) is 3.27. The highest BCUT2D eigenvalue weighted by Crippen LogP contribution is 1.96. The Morgan fingerprint density at radius 1 is 1.69 bits per heavy atom. The van der Waals surface area contributed by atoms with Crippen molar-refractivity contribution in [3.8, 4) is 0 Å². The summed E-state index contributed by atoms with van der Waals surface area (Å²) in [6.07, 6.45) is 4.50. The summed E-state index contributed by atoms with van der Waals surface area (Å²) >= 11 is 0. The van der Waals surface area contributed by atoms with Crippen molar-refractivity contribution in [2.24, 2.45) is 10.7 Å². The third-order valence-electron chi connectivity index (χ3n) is 1.76. The molecule has 0 bridgehead atoms. The molecule has 0 radical (unpaired) electrons. The molecule has 0 amide bonds. The normalized spacial score (nSPS) is 14.5. The maximum atomic E-state index is 5.62. The first-order chi connectivity index (χ1) is 6.22. The molecule has 0 aliphatic rings. The molecule has 4 heteroatoms. The van der Waals surface area contributed by atoms with Gasteiger partial charge in [0.15, 0.2) is 0 Å². The second-order valence-electron chi connectivity index (χ2n) is 3.05. The molecule has 0 aliphatic heterocycles. The quantitative estimate of drug-likeness (QED) is 0.556. The van der Waals surface area contributed by atoms with Gasteiger partial charge in [0.2, 0.25) is 0 Å². The Kier molecular flexibility index (Phi) is 3.49. The van der Waals surface area contributed by atoms with Crippen LogP contribution in [0.5, 0.6) is 0 Å². The van der Waals surface area contributed by atoms with Crippen molar-refractivity contribution in [2.45, 2.75) is 32.9 Å². The summed E-state index contributed by atoms with van der Waals surface area (Å²) in [6, 6.07) is 2.10. The first kappa shape index (κ1) is 9.77. The lowest BCUT2D eigenvalue weighted by Crippen LogP contribution is -2.17. The van der Waals surface area contributed by atoms with Crippen molar-refractivity contribution in [1.29, 1.82) is 0 Å². The number of aromatic nitrogens is 2. The summed E-state index contributed by atoms with van der Waals surface area (Å²) in [5.41, 5.74) is 5.62. The zero-order chi connectivity index (χ0) is 9.68. The van der Waals surface area contributed by atoms with E-state index in [-0.39, 0.29) is 6.04 Å². The standard InChI is InChI=1S/C9H16N4/c1-3-9(10)12-8(2)7-13-6-4-5-11-13/h4-6,8H,3,7H2,1-2H3,(H2,10,12). The van der Waals surface area contributed by atoms with Crippen LogP contribution >= 0.6 is 0 Å². The van der Waals surface area contributed by atoms with Gasteiger partial charge in [-0.2, -0.15) is 5.10 Å². The molecular weight excluding hydrogens is 164 g/mol. The van der Waals surface area contributed by atoms with E-state index < -0.39 is 0 Å². The molecular formula is C9H16N4. The molecule has 4 nitrogen and oxygen atoms in total. The molecule has 1 aromatic heterocycles. The van der Waals surface area contributed by atoms with Crippen molar-refractivity contribution < 1.29 is 0 Å². The minimum Gasteiger partial charge on any atom is -0.387 e. The summed E-state index contributed by atoms with van der Waals surface area (Å²) < 4.78 is 1.86. The SMILES string of the molecule is CCC(N)=NC(C)Cn1cccn1. The van der Waals surface area contributed by atoms with Crippen LogP contribution in [0.25, 0.3) is 0 Å². The van der Waals surface area contributed by atoms with Gasteiger partial charge in [0.1, 0.15) is 0 Å². The van der Waals surface area contributed by atoms with E-state index in [1.54, 1.807) is 6.20 Å². The Morgan fingerprint density at radius 2 is 2.46 bits per heavy atom. The molecule has 0 aromatic carbocycles. The number of nitrogens with zero attached hydrogens (tertiary/aromatic N) is 3. The number of hydrogen-bond donors (Lipinski definition) is 1. The van der Waals surface area contributed by atoms with Gasteiger partial charge in [-0.1, -0.05) is 6.92 Å². The van der Waals surface area contributed by atoms with Gasteiger partial charge in [-0.15, -0.1) is 0 Å². The van der Waals surface area contributed by atoms with Crippen LogP contribution < -0.4 is 5.73 Å². The molecule has 2 N–H and O–H groups in total. The van der Waals surface area contributed by atoms with Gasteiger partial charge in [-0.3, -0.25) is 9.67 Å². The van der Waals surface area contributed by atoms with Gasteiger partial charge in [-0.25, -0.2) is 0 Å². The maximum absolute atomic E-state index is 5.62. The fourth-order valence-electron chi connectivity index (χ4n) is 1.09. The van der Waals surface area contributed by atoms with E-state index >= 15 is 0 Å². The van der Waals surface area contributed by atoms with E-state index in [1.807, 2.05) is 30.8 Å². The van der Waals surface area contributed by atoms with Crippen LogP contribution in [-0.2, 0) is 6.54 Å². The van der Waals surface area contributed by atoms with Gasteiger partial charge in [0.05, 0.1) is 18.4 Å². The number of rotatable bonds is 4. The molecule has 1 atom stereocenters. The molecule has 72 valence electrons. The van der Waals surface area contributed by atoms with Gasteiger partial charge >= 0.3 is 0 Å². The lowest BCUT2D eigenvalue weighted by molar-refractivity contribution is 0.539. The topological polar surface area (TPSA) is 56.2 Å². The van der Waals surface area contributed by atoms with Crippen LogP contribution in [0.2, 0.25) is 0 Å². The minimum atomic E-state index is 0.194. The Labute approximate surface area is 78.5 Å². The van der Waals surface area contributed by atoms with E-state index in [1.165, 1.54) is 0 Å². The van der Waals surface area contributed by atoms with Crippen molar-refractivity contribution in [3.05, 3.63) is 18.5 Å². The minimum absolute atomic E-state index is 0.194. The second kappa shape index (κ2) is 4.64. The van der Waals surface area contributed by atoms with Crippen LogP contribution in [0.1, 0.15) is 20.3 Å². The van der Waals surface area contributed by atoms with E-state index in [9.17, 15) is 0 Å². The van der Waals surface area contributed by atoms with Crippen LogP contribution in [0.15, 0.2) is 23.5 Å². The Morgan fingerprint density at radius 3 is 3.00 bits per heavy atom. The smallest absolute Gasteiger partial charge is 0.0938 e. The van der Waals surface area contributed by atoms with Gasteiger partial charge in [0, 0.05) is 18.8 Å². The third-order valence-corrected chi connectivity index (χ3v) is 1.76. The first-order valence-electron chi connectivity index (χ1n) is 4.52. The van der Waals surface area contributed by atoms with E-state index in [4.69, 9.17) is 5.73 Å². The number of amidine groups is 1. The summed E-state index contributed by atoms with van der Waals surface area (Å²) in [7, 11) is 0. The van der Waals surface area contributed by atoms with Gasteiger partial charge in [0.25, 0.3) is 0 Å². The van der Waals surface area contributed by atoms with Crippen molar-refractivity contribution >= 4 is 5.84 Å². The number of nitrogens with two attached hydrogens (primary N) is 1. The molecule has 0 saturated heterocycles. The fraction of sp³-hybridized carbons (Fsp3) is 0.556. The molecule has 1 rings (SSSR count). The molecule has 0 saturated carbocycles. The lowest BCUT2D eigenvalue weighted by Gasteiger charge is -2.07. The van der Waals surface area contributed by atoms with Crippen LogP contribution in [0.4, 0.5) is 0 Å². The Balaban J connectivity index is 2.46. The van der Waals surface area contributed by atoms with Crippen LogP contribution in [0, 0.1) is 0 Å².